The van der Waals surface area contributed by atoms with Gasteiger partial charge in [0.05, 0.1) is 18.1 Å². The third kappa shape index (κ3) is 6.13. The predicted octanol–water partition coefficient (Wildman–Crippen LogP) is 3.02. The van der Waals surface area contributed by atoms with Crippen LogP contribution in [0, 0.1) is 0 Å². The Morgan fingerprint density at radius 1 is 0.857 bits per heavy atom. The van der Waals surface area contributed by atoms with Gasteiger partial charge in [0.25, 0.3) is 5.91 Å². The second-order valence-corrected chi connectivity index (χ2v) is 9.89. The molecule has 1 fully saturated rings. The molecule has 1 N–H and O–H groups in total. The van der Waals surface area contributed by atoms with E-state index in [1.807, 2.05) is 60.7 Å². The first kappa shape index (κ1) is 24.6. The molecule has 0 saturated carbocycles. The maximum absolute atomic E-state index is 12.9. The third-order valence-electron chi connectivity index (χ3n) is 5.59. The van der Waals surface area contributed by atoms with Crippen molar-refractivity contribution in [1.82, 2.24) is 4.31 Å². The van der Waals surface area contributed by atoms with Crippen LogP contribution in [0.5, 0.6) is 0 Å². The average molecular weight is 495 g/mol. The number of morpholine rings is 1. The van der Waals surface area contributed by atoms with Crippen molar-refractivity contribution in [2.45, 2.75) is 10.8 Å². The number of ether oxygens (including phenoxy) is 2. The van der Waals surface area contributed by atoms with Crippen LogP contribution in [-0.4, -0.2) is 57.5 Å². The lowest BCUT2D eigenvalue weighted by atomic mass is 9.91. The number of nitrogens with one attached hydrogen (secondary N) is 1. The molecule has 1 aliphatic rings. The Labute approximate surface area is 204 Å². The van der Waals surface area contributed by atoms with E-state index in [4.69, 9.17) is 9.47 Å². The molecule has 182 valence electrons. The van der Waals surface area contributed by atoms with Gasteiger partial charge in [-0.3, -0.25) is 9.59 Å². The molecule has 3 aromatic rings. The quantitative estimate of drug-likeness (QED) is 0.483. The number of carbonyl (C=O) groups excluding carboxylic acids is 2. The zero-order valence-corrected chi connectivity index (χ0v) is 19.8. The fourth-order valence-electron chi connectivity index (χ4n) is 3.82. The van der Waals surface area contributed by atoms with Gasteiger partial charge in [0.2, 0.25) is 10.0 Å². The van der Waals surface area contributed by atoms with E-state index in [2.05, 4.69) is 5.32 Å². The van der Waals surface area contributed by atoms with Gasteiger partial charge in [-0.15, -0.1) is 0 Å². The number of benzene rings is 3. The summed E-state index contributed by atoms with van der Waals surface area (Å²) in [5, 5.41) is 2.63. The Hall–Kier alpha value is -3.53. The van der Waals surface area contributed by atoms with Crippen molar-refractivity contribution < 1.29 is 27.5 Å². The lowest BCUT2D eigenvalue weighted by molar-refractivity contribution is -0.147. The largest absolute Gasteiger partial charge is 0.455 e. The number of hydrogen-bond acceptors (Lipinski definition) is 6. The highest BCUT2D eigenvalue weighted by Gasteiger charge is 2.27. The minimum Gasteiger partial charge on any atom is -0.455 e. The van der Waals surface area contributed by atoms with E-state index in [0.29, 0.717) is 32.0 Å². The van der Waals surface area contributed by atoms with Crippen LogP contribution in [0.1, 0.15) is 17.0 Å². The topological polar surface area (TPSA) is 102 Å². The van der Waals surface area contributed by atoms with Crippen LogP contribution in [-0.2, 0) is 29.1 Å². The van der Waals surface area contributed by atoms with E-state index in [0.717, 1.165) is 11.1 Å². The molecule has 1 saturated heterocycles. The molecular formula is C26H26N2O6S. The summed E-state index contributed by atoms with van der Waals surface area (Å²) in [6, 6.07) is 24.3. The molecule has 0 spiro atoms. The van der Waals surface area contributed by atoms with Crippen LogP contribution in [0.4, 0.5) is 5.69 Å². The molecule has 0 bridgehead atoms. The first-order chi connectivity index (χ1) is 16.9. The molecule has 1 aliphatic heterocycles. The normalized spacial score (nSPS) is 14.4. The number of carbonyl (C=O) groups is 2. The van der Waals surface area contributed by atoms with Crippen molar-refractivity contribution >= 4 is 27.6 Å². The summed E-state index contributed by atoms with van der Waals surface area (Å²) in [4.78, 5) is 25.5. The molecule has 3 aromatic carbocycles. The molecule has 0 aromatic heterocycles. The van der Waals surface area contributed by atoms with Crippen LogP contribution < -0.4 is 5.32 Å². The Morgan fingerprint density at radius 3 is 1.94 bits per heavy atom. The van der Waals surface area contributed by atoms with Crippen LogP contribution in [0.25, 0.3) is 0 Å². The maximum Gasteiger partial charge on any atom is 0.318 e. The standard InChI is InChI=1S/C26H26N2O6S/c29-24(27-22-11-13-23(14-12-22)35(31,32)28-15-17-33-18-16-28)19-34-26(30)25(20-7-3-1-4-8-20)21-9-5-2-6-10-21/h1-14,25H,15-19H2,(H,27,29). The molecule has 8 nitrogen and oxygen atoms in total. The first-order valence-electron chi connectivity index (χ1n) is 11.2. The highest BCUT2D eigenvalue weighted by Crippen LogP contribution is 2.26. The van der Waals surface area contributed by atoms with E-state index in [1.165, 1.54) is 28.6 Å². The molecule has 0 atom stereocenters. The van der Waals surface area contributed by atoms with Crippen LogP contribution >= 0.6 is 0 Å². The van der Waals surface area contributed by atoms with E-state index in [9.17, 15) is 18.0 Å². The van der Waals surface area contributed by atoms with E-state index >= 15 is 0 Å². The SMILES string of the molecule is O=C(COC(=O)C(c1ccccc1)c1ccccc1)Nc1ccc(S(=O)(=O)N2CCOCC2)cc1. The van der Waals surface area contributed by atoms with Crippen molar-refractivity contribution in [3.05, 3.63) is 96.1 Å². The van der Waals surface area contributed by atoms with Crippen LogP contribution in [0.3, 0.4) is 0 Å². The maximum atomic E-state index is 12.9. The lowest BCUT2D eigenvalue weighted by Crippen LogP contribution is -2.40. The molecule has 0 aliphatic carbocycles. The summed E-state index contributed by atoms with van der Waals surface area (Å²) in [7, 11) is -3.62. The minimum absolute atomic E-state index is 0.136. The molecule has 9 heteroatoms. The van der Waals surface area contributed by atoms with Gasteiger partial charge in [-0.2, -0.15) is 4.31 Å². The Balaban J connectivity index is 1.37. The third-order valence-corrected chi connectivity index (χ3v) is 7.51. The number of esters is 1. The summed E-state index contributed by atoms with van der Waals surface area (Å²) in [5.41, 5.74) is 1.93. The van der Waals surface area contributed by atoms with Crippen molar-refractivity contribution in [1.29, 1.82) is 0 Å². The molecule has 1 heterocycles. The molecule has 35 heavy (non-hydrogen) atoms. The lowest BCUT2D eigenvalue weighted by Gasteiger charge is -2.26. The zero-order valence-electron chi connectivity index (χ0n) is 19.0. The highest BCUT2D eigenvalue weighted by atomic mass is 32.2. The van der Waals surface area contributed by atoms with Gasteiger partial charge < -0.3 is 14.8 Å². The second kappa shape index (κ2) is 11.3. The summed E-state index contributed by atoms with van der Waals surface area (Å²) >= 11 is 0. The Morgan fingerprint density at radius 2 is 1.40 bits per heavy atom. The smallest absolute Gasteiger partial charge is 0.318 e. The van der Waals surface area contributed by atoms with Gasteiger partial charge in [0.15, 0.2) is 6.61 Å². The summed E-state index contributed by atoms with van der Waals surface area (Å²) in [5.74, 6) is -1.72. The van der Waals surface area contributed by atoms with Gasteiger partial charge in [-0.25, -0.2) is 8.42 Å². The minimum atomic E-state index is -3.62. The average Bonchev–Trinajstić information content (AvgIpc) is 2.90. The molecule has 1 amide bonds. The number of amides is 1. The number of nitrogens with zero attached hydrogens (tertiary/aromatic N) is 1. The fourth-order valence-corrected chi connectivity index (χ4v) is 5.23. The molecule has 0 unspecified atom stereocenters. The zero-order chi connectivity index (χ0) is 24.7. The summed E-state index contributed by atoms with van der Waals surface area (Å²) < 4.78 is 37.4. The van der Waals surface area contributed by atoms with Crippen molar-refractivity contribution in [3.63, 3.8) is 0 Å². The van der Waals surface area contributed by atoms with E-state index in [-0.39, 0.29) is 4.90 Å². The molecule has 0 radical (unpaired) electrons. The molecular weight excluding hydrogens is 468 g/mol. The van der Waals surface area contributed by atoms with Crippen LogP contribution in [0.15, 0.2) is 89.8 Å². The fraction of sp³-hybridized carbons (Fsp3) is 0.231. The van der Waals surface area contributed by atoms with E-state index in [1.54, 1.807) is 0 Å². The van der Waals surface area contributed by atoms with Gasteiger partial charge >= 0.3 is 5.97 Å². The van der Waals surface area contributed by atoms with E-state index < -0.39 is 34.4 Å². The summed E-state index contributed by atoms with van der Waals surface area (Å²) in [6.45, 7) is 0.865. The predicted molar refractivity (Wildman–Crippen MR) is 130 cm³/mol. The van der Waals surface area contributed by atoms with Crippen LogP contribution in [0.2, 0.25) is 0 Å². The first-order valence-corrected chi connectivity index (χ1v) is 12.6. The van der Waals surface area contributed by atoms with Crippen molar-refractivity contribution in [2.75, 3.05) is 38.2 Å². The highest BCUT2D eigenvalue weighted by molar-refractivity contribution is 7.89. The van der Waals surface area contributed by atoms with Gasteiger partial charge in [-0.05, 0) is 35.4 Å². The van der Waals surface area contributed by atoms with Gasteiger partial charge in [0, 0.05) is 18.8 Å². The number of hydrogen-bond donors (Lipinski definition) is 1. The second-order valence-electron chi connectivity index (χ2n) is 7.95. The molecule has 4 rings (SSSR count). The monoisotopic (exact) mass is 494 g/mol. The van der Waals surface area contributed by atoms with Gasteiger partial charge in [-0.1, -0.05) is 60.7 Å². The Bertz CT molecular complexity index is 1200. The summed E-state index contributed by atoms with van der Waals surface area (Å²) in [6.07, 6.45) is 0. The van der Waals surface area contributed by atoms with Crippen molar-refractivity contribution in [2.24, 2.45) is 0 Å². The number of rotatable bonds is 8. The van der Waals surface area contributed by atoms with Gasteiger partial charge in [0.1, 0.15) is 5.92 Å². The Kier molecular flexibility index (Phi) is 7.91. The number of sulfonamides is 1. The van der Waals surface area contributed by atoms with Crippen molar-refractivity contribution in [3.8, 4) is 0 Å². The number of anilines is 1.